The van der Waals surface area contributed by atoms with Crippen molar-refractivity contribution >= 4 is 23.1 Å². The second kappa shape index (κ2) is 6.67. The zero-order valence-corrected chi connectivity index (χ0v) is 13.7. The average molecular weight is 356 g/mol. The highest BCUT2D eigenvalue weighted by atomic mass is 19.2. The minimum Gasteiger partial charge on any atom is -0.326 e. The molecule has 0 aliphatic carbocycles. The van der Waals surface area contributed by atoms with Crippen LogP contribution in [0, 0.1) is 17.5 Å². The van der Waals surface area contributed by atoms with Crippen LogP contribution in [0.15, 0.2) is 48.7 Å². The van der Waals surface area contributed by atoms with Crippen molar-refractivity contribution in [2.45, 2.75) is 12.8 Å². The van der Waals surface area contributed by atoms with Gasteiger partial charge in [0, 0.05) is 18.4 Å². The normalized spacial score (nSPS) is 13.4. The maximum Gasteiger partial charge on any atom is 0.229 e. The van der Waals surface area contributed by atoms with Gasteiger partial charge in [0.05, 0.1) is 5.69 Å². The van der Waals surface area contributed by atoms with Crippen molar-refractivity contribution < 1.29 is 13.2 Å². The number of aromatic nitrogens is 2. The number of aryl methyl sites for hydroxylation is 1. The molecule has 0 unspecified atom stereocenters. The molecule has 0 radical (unpaired) electrons. The molecule has 2 aromatic carbocycles. The minimum absolute atomic E-state index is 0.107. The maximum absolute atomic E-state index is 13.9. The van der Waals surface area contributed by atoms with Crippen LogP contribution in [0.4, 0.5) is 36.3 Å². The summed E-state index contributed by atoms with van der Waals surface area (Å²) in [5.41, 5.74) is 2.08. The summed E-state index contributed by atoms with van der Waals surface area (Å²) >= 11 is 0. The number of nitrogens with one attached hydrogen (secondary N) is 1. The van der Waals surface area contributed by atoms with Crippen molar-refractivity contribution in [2.75, 3.05) is 16.8 Å². The average Bonchev–Trinajstić information content (AvgIpc) is 2.68. The van der Waals surface area contributed by atoms with E-state index in [2.05, 4.69) is 26.3 Å². The molecule has 132 valence electrons. The van der Waals surface area contributed by atoms with Gasteiger partial charge < -0.3 is 10.2 Å². The zero-order chi connectivity index (χ0) is 18.1. The van der Waals surface area contributed by atoms with E-state index in [4.69, 9.17) is 0 Å². The van der Waals surface area contributed by atoms with Crippen molar-refractivity contribution in [2.24, 2.45) is 0 Å². The van der Waals surface area contributed by atoms with E-state index in [0.29, 0.717) is 5.82 Å². The Morgan fingerprint density at radius 1 is 0.962 bits per heavy atom. The molecule has 2 heterocycles. The van der Waals surface area contributed by atoms with Gasteiger partial charge in [0.25, 0.3) is 0 Å². The molecule has 0 bridgehead atoms. The molecule has 0 atom stereocenters. The van der Waals surface area contributed by atoms with Gasteiger partial charge in [-0.2, -0.15) is 4.98 Å². The van der Waals surface area contributed by atoms with Gasteiger partial charge in [0.1, 0.15) is 5.82 Å². The highest BCUT2D eigenvalue weighted by Gasteiger charge is 2.20. The van der Waals surface area contributed by atoms with E-state index in [1.165, 1.54) is 5.56 Å². The first kappa shape index (κ1) is 16.4. The number of rotatable bonds is 3. The zero-order valence-electron chi connectivity index (χ0n) is 13.7. The van der Waals surface area contributed by atoms with E-state index in [0.717, 1.165) is 37.2 Å². The number of benzene rings is 2. The summed E-state index contributed by atoms with van der Waals surface area (Å²) < 4.78 is 40.3. The fourth-order valence-corrected chi connectivity index (χ4v) is 3.07. The lowest BCUT2D eigenvalue weighted by molar-refractivity contribution is 0.449. The SMILES string of the molecule is Fc1ccc(Nc2nccc(N3CCCc4ccccc43)n2)c(F)c1F. The van der Waals surface area contributed by atoms with Crippen LogP contribution in [-0.2, 0) is 6.42 Å². The van der Waals surface area contributed by atoms with Crippen LogP contribution in [0.1, 0.15) is 12.0 Å². The van der Waals surface area contributed by atoms with Gasteiger partial charge in [-0.05, 0) is 42.7 Å². The Hall–Kier alpha value is -3.09. The fraction of sp³-hybridized carbons (Fsp3) is 0.158. The van der Waals surface area contributed by atoms with E-state index < -0.39 is 17.5 Å². The molecule has 1 aromatic heterocycles. The van der Waals surface area contributed by atoms with Gasteiger partial charge in [-0.15, -0.1) is 0 Å². The predicted octanol–water partition coefficient (Wildman–Crippen LogP) is 4.72. The third-order valence-electron chi connectivity index (χ3n) is 4.31. The highest BCUT2D eigenvalue weighted by Crippen LogP contribution is 2.32. The first-order valence-electron chi connectivity index (χ1n) is 8.22. The van der Waals surface area contributed by atoms with Crippen LogP contribution < -0.4 is 10.2 Å². The Morgan fingerprint density at radius 2 is 1.81 bits per heavy atom. The molecule has 1 aliphatic rings. The van der Waals surface area contributed by atoms with Gasteiger partial charge in [0.15, 0.2) is 17.5 Å². The molecular weight excluding hydrogens is 341 g/mol. The molecule has 26 heavy (non-hydrogen) atoms. The largest absolute Gasteiger partial charge is 0.326 e. The monoisotopic (exact) mass is 356 g/mol. The first-order chi connectivity index (χ1) is 12.6. The molecule has 7 heteroatoms. The first-order valence-corrected chi connectivity index (χ1v) is 8.22. The van der Waals surface area contributed by atoms with Crippen LogP contribution in [-0.4, -0.2) is 16.5 Å². The molecule has 0 fully saturated rings. The predicted molar refractivity (Wildman–Crippen MR) is 93.4 cm³/mol. The lowest BCUT2D eigenvalue weighted by atomic mass is 10.0. The van der Waals surface area contributed by atoms with Crippen LogP contribution in [0.25, 0.3) is 0 Å². The second-order valence-electron chi connectivity index (χ2n) is 5.97. The van der Waals surface area contributed by atoms with Gasteiger partial charge in [-0.25, -0.2) is 18.2 Å². The lowest BCUT2D eigenvalue weighted by Gasteiger charge is -2.30. The summed E-state index contributed by atoms with van der Waals surface area (Å²) in [5, 5.41) is 2.61. The van der Waals surface area contributed by atoms with E-state index in [1.807, 2.05) is 18.2 Å². The fourth-order valence-electron chi connectivity index (χ4n) is 3.07. The summed E-state index contributed by atoms with van der Waals surface area (Å²) in [5.74, 6) is -3.32. The summed E-state index contributed by atoms with van der Waals surface area (Å²) in [6.07, 6.45) is 3.53. The van der Waals surface area contributed by atoms with Crippen molar-refractivity contribution in [3.8, 4) is 0 Å². The molecule has 1 aliphatic heterocycles. The van der Waals surface area contributed by atoms with Crippen LogP contribution in [0.2, 0.25) is 0 Å². The Bertz CT molecular complexity index is 961. The number of nitrogens with zero attached hydrogens (tertiary/aromatic N) is 3. The maximum atomic E-state index is 13.9. The molecule has 1 N–H and O–H groups in total. The Labute approximate surface area is 148 Å². The highest BCUT2D eigenvalue weighted by molar-refractivity contribution is 5.66. The smallest absolute Gasteiger partial charge is 0.229 e. The Kier molecular flexibility index (Phi) is 4.20. The van der Waals surface area contributed by atoms with Gasteiger partial charge in [0.2, 0.25) is 5.95 Å². The molecule has 4 nitrogen and oxygen atoms in total. The summed E-state index contributed by atoms with van der Waals surface area (Å²) in [7, 11) is 0. The van der Waals surface area contributed by atoms with Crippen molar-refractivity contribution in [1.82, 2.24) is 9.97 Å². The Morgan fingerprint density at radius 3 is 2.69 bits per heavy atom. The number of hydrogen-bond acceptors (Lipinski definition) is 4. The van der Waals surface area contributed by atoms with Crippen molar-refractivity contribution in [3.63, 3.8) is 0 Å². The number of para-hydroxylation sites is 1. The summed E-state index contributed by atoms with van der Waals surface area (Å²) in [6.45, 7) is 0.799. The number of fused-ring (bicyclic) bond motifs is 1. The number of hydrogen-bond donors (Lipinski definition) is 1. The van der Waals surface area contributed by atoms with E-state index in [-0.39, 0.29) is 11.6 Å². The molecule has 0 amide bonds. The van der Waals surface area contributed by atoms with Crippen LogP contribution >= 0.6 is 0 Å². The summed E-state index contributed by atoms with van der Waals surface area (Å²) in [6, 6.07) is 11.8. The van der Waals surface area contributed by atoms with Crippen molar-refractivity contribution in [1.29, 1.82) is 0 Å². The van der Waals surface area contributed by atoms with Crippen molar-refractivity contribution in [3.05, 3.63) is 71.7 Å². The van der Waals surface area contributed by atoms with E-state index >= 15 is 0 Å². The second-order valence-corrected chi connectivity index (χ2v) is 5.97. The molecule has 0 saturated heterocycles. The van der Waals surface area contributed by atoms with E-state index in [9.17, 15) is 13.2 Å². The quantitative estimate of drug-likeness (QED) is 0.690. The lowest BCUT2D eigenvalue weighted by Crippen LogP contribution is -2.25. The number of halogens is 3. The Balaban J connectivity index is 1.65. The van der Waals surface area contributed by atoms with Gasteiger partial charge in [-0.3, -0.25) is 0 Å². The van der Waals surface area contributed by atoms with Gasteiger partial charge in [-0.1, -0.05) is 18.2 Å². The third-order valence-corrected chi connectivity index (χ3v) is 4.31. The third kappa shape index (κ3) is 2.96. The summed E-state index contributed by atoms with van der Waals surface area (Å²) in [4.78, 5) is 10.5. The molecule has 0 saturated carbocycles. The molecule has 0 spiro atoms. The standard InChI is InChI=1S/C19H15F3N4/c20-13-7-8-14(18(22)17(13)21)24-19-23-10-9-16(25-19)26-11-3-5-12-4-1-2-6-15(12)26/h1-2,4,6-10H,3,5,11H2,(H,23,24,25). The molecule has 4 rings (SSSR count). The topological polar surface area (TPSA) is 41.1 Å². The number of anilines is 4. The molecule has 3 aromatic rings. The molecular formula is C19H15F3N4. The van der Waals surface area contributed by atoms with E-state index in [1.54, 1.807) is 12.3 Å². The minimum atomic E-state index is -1.53. The van der Waals surface area contributed by atoms with Crippen LogP contribution in [0.5, 0.6) is 0 Å². The van der Waals surface area contributed by atoms with Crippen LogP contribution in [0.3, 0.4) is 0 Å². The van der Waals surface area contributed by atoms with Gasteiger partial charge >= 0.3 is 0 Å².